The molecule has 1 aliphatic rings. The van der Waals surface area contributed by atoms with Crippen LogP contribution in [-0.4, -0.2) is 30.3 Å². The first kappa shape index (κ1) is 14.0. The molecule has 0 aromatic rings. The molecule has 11 heavy (non-hydrogen) atoms. The molecular weight excluding hydrogens is 187 g/mol. The monoisotopic (exact) mass is 202 g/mol. The van der Waals surface area contributed by atoms with Crippen molar-refractivity contribution in [2.45, 2.75) is 25.0 Å². The standard InChI is InChI=1S/C6H14N2O.2ClH/c7-5-1-2-6(9)4-8-3-5;;/h5-6,8-9H,1-4,7H2;2*1H/t5-,6+;;/m1../s1. The fraction of sp³-hybridized carbons (Fsp3) is 1.00. The Hall–Kier alpha value is 0.460. The molecule has 1 heterocycles. The quantitative estimate of drug-likeness (QED) is 0.515. The fourth-order valence-corrected chi connectivity index (χ4v) is 1.05. The summed E-state index contributed by atoms with van der Waals surface area (Å²) >= 11 is 0. The lowest BCUT2D eigenvalue weighted by atomic mass is 10.1. The van der Waals surface area contributed by atoms with Crippen LogP contribution < -0.4 is 11.1 Å². The van der Waals surface area contributed by atoms with Gasteiger partial charge in [-0.25, -0.2) is 0 Å². The van der Waals surface area contributed by atoms with Crippen LogP contribution in [0, 0.1) is 0 Å². The molecule has 1 aliphatic heterocycles. The minimum Gasteiger partial charge on any atom is -0.392 e. The summed E-state index contributed by atoms with van der Waals surface area (Å²) in [5.41, 5.74) is 5.62. The molecule has 0 aromatic heterocycles. The van der Waals surface area contributed by atoms with Gasteiger partial charge in [-0.1, -0.05) is 0 Å². The molecule has 0 aliphatic carbocycles. The van der Waals surface area contributed by atoms with Gasteiger partial charge >= 0.3 is 0 Å². The number of nitrogens with two attached hydrogens (primary N) is 1. The molecule has 4 N–H and O–H groups in total. The maximum Gasteiger partial charge on any atom is 0.0665 e. The molecule has 0 unspecified atom stereocenters. The summed E-state index contributed by atoms with van der Waals surface area (Å²) in [5, 5.41) is 12.2. The highest BCUT2D eigenvalue weighted by molar-refractivity contribution is 5.85. The van der Waals surface area contributed by atoms with E-state index < -0.39 is 0 Å². The molecule has 0 radical (unpaired) electrons. The number of aliphatic hydroxyl groups is 1. The van der Waals surface area contributed by atoms with E-state index >= 15 is 0 Å². The summed E-state index contributed by atoms with van der Waals surface area (Å²) in [7, 11) is 0. The largest absolute Gasteiger partial charge is 0.392 e. The van der Waals surface area contributed by atoms with E-state index in [0.29, 0.717) is 6.54 Å². The number of hydrogen-bond acceptors (Lipinski definition) is 3. The lowest BCUT2D eigenvalue weighted by molar-refractivity contribution is 0.168. The van der Waals surface area contributed by atoms with Gasteiger partial charge < -0.3 is 16.2 Å². The second-order valence-electron chi connectivity index (χ2n) is 2.65. The molecule has 0 spiro atoms. The molecule has 1 rings (SSSR count). The highest BCUT2D eigenvalue weighted by Gasteiger charge is 2.12. The Balaban J connectivity index is 0. The van der Waals surface area contributed by atoms with Gasteiger partial charge in [0.15, 0.2) is 0 Å². The predicted octanol–water partition coefficient (Wildman–Crippen LogP) is -0.0984. The third-order valence-electron chi connectivity index (χ3n) is 1.66. The second-order valence-corrected chi connectivity index (χ2v) is 2.65. The topological polar surface area (TPSA) is 58.3 Å². The lowest BCUT2D eigenvalue weighted by Crippen LogP contribution is -2.32. The summed E-state index contributed by atoms with van der Waals surface area (Å²) in [4.78, 5) is 0. The fourth-order valence-electron chi connectivity index (χ4n) is 1.05. The first-order chi connectivity index (χ1) is 4.29. The summed E-state index contributed by atoms with van der Waals surface area (Å²) < 4.78 is 0. The van der Waals surface area contributed by atoms with E-state index in [-0.39, 0.29) is 37.0 Å². The summed E-state index contributed by atoms with van der Waals surface area (Å²) in [6, 6.07) is 0.238. The highest BCUT2D eigenvalue weighted by Crippen LogP contribution is 2.02. The van der Waals surface area contributed by atoms with Gasteiger partial charge in [-0.15, -0.1) is 24.8 Å². The van der Waals surface area contributed by atoms with Crippen LogP contribution >= 0.6 is 24.8 Å². The number of hydrogen-bond donors (Lipinski definition) is 3. The first-order valence-electron chi connectivity index (χ1n) is 3.43. The molecule has 70 valence electrons. The van der Waals surface area contributed by atoms with Gasteiger partial charge in [0.1, 0.15) is 0 Å². The molecule has 1 fully saturated rings. The van der Waals surface area contributed by atoms with Crippen LogP contribution in [0.15, 0.2) is 0 Å². The van der Waals surface area contributed by atoms with Crippen molar-refractivity contribution in [2.24, 2.45) is 5.73 Å². The van der Waals surface area contributed by atoms with Gasteiger partial charge in [0.25, 0.3) is 0 Å². The second kappa shape index (κ2) is 7.13. The first-order valence-corrected chi connectivity index (χ1v) is 3.43. The zero-order valence-electron chi connectivity index (χ0n) is 6.32. The Morgan fingerprint density at radius 3 is 2.45 bits per heavy atom. The Labute approximate surface area is 79.5 Å². The molecule has 2 atom stereocenters. The predicted molar refractivity (Wildman–Crippen MR) is 50.6 cm³/mol. The minimum atomic E-state index is -0.182. The van der Waals surface area contributed by atoms with Crippen molar-refractivity contribution in [3.05, 3.63) is 0 Å². The Morgan fingerprint density at radius 1 is 1.18 bits per heavy atom. The molecule has 3 nitrogen and oxygen atoms in total. The van der Waals surface area contributed by atoms with Crippen molar-refractivity contribution in [3.8, 4) is 0 Å². The van der Waals surface area contributed by atoms with E-state index in [1.807, 2.05) is 0 Å². The Bertz CT molecular complexity index is 84.7. The zero-order chi connectivity index (χ0) is 6.69. The Kier molecular flexibility index (Phi) is 9.08. The van der Waals surface area contributed by atoms with Crippen LogP contribution in [0.3, 0.4) is 0 Å². The van der Waals surface area contributed by atoms with Crippen molar-refractivity contribution in [1.29, 1.82) is 0 Å². The van der Waals surface area contributed by atoms with Crippen molar-refractivity contribution >= 4 is 24.8 Å². The summed E-state index contributed by atoms with van der Waals surface area (Å²) in [6.07, 6.45) is 1.60. The molecular formula is C6H16Cl2N2O. The molecule has 0 bridgehead atoms. The maximum absolute atomic E-state index is 9.09. The van der Waals surface area contributed by atoms with Gasteiger partial charge in [0, 0.05) is 19.1 Å². The van der Waals surface area contributed by atoms with Crippen molar-refractivity contribution in [3.63, 3.8) is 0 Å². The van der Waals surface area contributed by atoms with Crippen molar-refractivity contribution in [2.75, 3.05) is 13.1 Å². The van der Waals surface area contributed by atoms with Gasteiger partial charge in [-0.3, -0.25) is 0 Å². The van der Waals surface area contributed by atoms with E-state index in [4.69, 9.17) is 10.8 Å². The minimum absolute atomic E-state index is 0. The number of aliphatic hydroxyl groups excluding tert-OH is 1. The van der Waals surface area contributed by atoms with Crippen LogP contribution in [0.4, 0.5) is 0 Å². The van der Waals surface area contributed by atoms with Gasteiger partial charge in [0.2, 0.25) is 0 Å². The van der Waals surface area contributed by atoms with Crippen LogP contribution in [0.25, 0.3) is 0 Å². The summed E-state index contributed by atoms with van der Waals surface area (Å²) in [6.45, 7) is 1.55. The average Bonchev–Trinajstić information content (AvgIpc) is 1.97. The number of halogens is 2. The van der Waals surface area contributed by atoms with E-state index in [1.54, 1.807) is 0 Å². The molecule has 1 saturated heterocycles. The number of rotatable bonds is 0. The van der Waals surface area contributed by atoms with Gasteiger partial charge in [0.05, 0.1) is 6.10 Å². The normalized spacial score (nSPS) is 31.1. The van der Waals surface area contributed by atoms with E-state index in [0.717, 1.165) is 19.4 Å². The van der Waals surface area contributed by atoms with Crippen molar-refractivity contribution in [1.82, 2.24) is 5.32 Å². The maximum atomic E-state index is 9.09. The lowest BCUT2D eigenvalue weighted by Gasteiger charge is -2.04. The highest BCUT2D eigenvalue weighted by atomic mass is 35.5. The Morgan fingerprint density at radius 2 is 1.82 bits per heavy atom. The number of β-amino-alcohol motifs (C(OH)–C–C–N with tert-alkyl or cyclic N) is 1. The van der Waals surface area contributed by atoms with E-state index in [2.05, 4.69) is 5.32 Å². The molecule has 0 saturated carbocycles. The summed E-state index contributed by atoms with van der Waals surface area (Å²) in [5.74, 6) is 0. The van der Waals surface area contributed by atoms with Crippen LogP contribution in [0.5, 0.6) is 0 Å². The smallest absolute Gasteiger partial charge is 0.0665 e. The number of nitrogens with one attached hydrogen (secondary N) is 1. The third-order valence-corrected chi connectivity index (χ3v) is 1.66. The van der Waals surface area contributed by atoms with Gasteiger partial charge in [-0.2, -0.15) is 0 Å². The van der Waals surface area contributed by atoms with Gasteiger partial charge in [-0.05, 0) is 12.8 Å². The molecule has 0 aromatic carbocycles. The van der Waals surface area contributed by atoms with E-state index in [9.17, 15) is 0 Å². The van der Waals surface area contributed by atoms with Crippen LogP contribution in [-0.2, 0) is 0 Å². The van der Waals surface area contributed by atoms with Crippen LogP contribution in [0.1, 0.15) is 12.8 Å². The zero-order valence-corrected chi connectivity index (χ0v) is 7.96. The van der Waals surface area contributed by atoms with Crippen LogP contribution in [0.2, 0.25) is 0 Å². The van der Waals surface area contributed by atoms with E-state index in [1.165, 1.54) is 0 Å². The molecule has 0 amide bonds. The third kappa shape index (κ3) is 5.70. The molecule has 5 heteroatoms. The SMILES string of the molecule is Cl.Cl.N[C@@H]1CC[C@H](O)CNC1. The average molecular weight is 203 g/mol. The van der Waals surface area contributed by atoms with Crippen molar-refractivity contribution < 1.29 is 5.11 Å².